The third kappa shape index (κ3) is 3.03. The highest BCUT2D eigenvalue weighted by Crippen LogP contribution is 2.16. The molecule has 3 rings (SSSR count). The second-order valence-electron chi connectivity index (χ2n) is 4.79. The summed E-state index contributed by atoms with van der Waals surface area (Å²) in [6.45, 7) is 1.91. The minimum Gasteiger partial charge on any atom is -0.497 e. The first-order valence-electron chi connectivity index (χ1n) is 6.93. The Hall–Kier alpha value is -2.95. The van der Waals surface area contributed by atoms with Gasteiger partial charge in [-0.15, -0.1) is 0 Å². The van der Waals surface area contributed by atoms with Gasteiger partial charge in [0.25, 0.3) is 0 Å². The van der Waals surface area contributed by atoms with Crippen LogP contribution in [0.4, 0.5) is 5.82 Å². The quantitative estimate of drug-likeness (QED) is 0.591. The van der Waals surface area contributed by atoms with Gasteiger partial charge in [0.1, 0.15) is 5.75 Å². The highest BCUT2D eigenvalue weighted by Gasteiger charge is 2.03. The molecule has 0 amide bonds. The van der Waals surface area contributed by atoms with E-state index in [0.717, 1.165) is 28.0 Å². The van der Waals surface area contributed by atoms with Crippen LogP contribution < -0.4 is 10.2 Å². The van der Waals surface area contributed by atoms with Crippen LogP contribution in [-0.4, -0.2) is 23.3 Å². The molecule has 0 aliphatic heterocycles. The number of hydrogen-bond acceptors (Lipinski definition) is 5. The van der Waals surface area contributed by atoms with Crippen molar-refractivity contribution in [3.05, 3.63) is 59.8 Å². The zero-order valence-corrected chi connectivity index (χ0v) is 12.4. The molecule has 0 saturated carbocycles. The van der Waals surface area contributed by atoms with Crippen LogP contribution >= 0.6 is 0 Å². The molecule has 5 heteroatoms. The molecule has 0 atom stereocenters. The maximum Gasteiger partial charge on any atom is 0.168 e. The molecule has 22 heavy (non-hydrogen) atoms. The first kappa shape index (κ1) is 14.0. The fraction of sp³-hybridized carbons (Fsp3) is 0.118. The van der Waals surface area contributed by atoms with Gasteiger partial charge in [-0.25, -0.2) is 9.97 Å². The van der Waals surface area contributed by atoms with Crippen molar-refractivity contribution in [3.8, 4) is 5.75 Å². The number of ether oxygens (including phenoxy) is 1. The van der Waals surface area contributed by atoms with Gasteiger partial charge in [0.05, 0.1) is 30.1 Å². The summed E-state index contributed by atoms with van der Waals surface area (Å²) in [6, 6.07) is 15.4. The number of methoxy groups -OCH3 is 1. The van der Waals surface area contributed by atoms with E-state index in [1.54, 1.807) is 13.3 Å². The summed E-state index contributed by atoms with van der Waals surface area (Å²) in [5.74, 6) is 1.45. The summed E-state index contributed by atoms with van der Waals surface area (Å²) < 4.78 is 5.18. The van der Waals surface area contributed by atoms with E-state index >= 15 is 0 Å². The summed E-state index contributed by atoms with van der Waals surface area (Å²) >= 11 is 0. The van der Waals surface area contributed by atoms with Crippen molar-refractivity contribution in [3.63, 3.8) is 0 Å². The largest absolute Gasteiger partial charge is 0.497 e. The lowest BCUT2D eigenvalue weighted by Gasteiger charge is -2.05. The average Bonchev–Trinajstić information content (AvgIpc) is 2.55. The van der Waals surface area contributed by atoms with Crippen molar-refractivity contribution in [1.82, 2.24) is 9.97 Å². The van der Waals surface area contributed by atoms with Crippen LogP contribution in [0.3, 0.4) is 0 Å². The van der Waals surface area contributed by atoms with E-state index in [1.807, 2.05) is 55.5 Å². The van der Waals surface area contributed by atoms with Crippen LogP contribution in [0.5, 0.6) is 5.75 Å². The molecular formula is C17H16N4O. The number of hydrazone groups is 1. The second kappa shape index (κ2) is 6.22. The minimum atomic E-state index is 0.651. The number of hydrogen-bond donors (Lipinski definition) is 1. The lowest BCUT2D eigenvalue weighted by Crippen LogP contribution is -1.99. The zero-order chi connectivity index (χ0) is 15.4. The van der Waals surface area contributed by atoms with E-state index in [4.69, 9.17) is 4.74 Å². The Labute approximate surface area is 128 Å². The normalized spacial score (nSPS) is 11.0. The van der Waals surface area contributed by atoms with Gasteiger partial charge in [-0.3, -0.25) is 5.43 Å². The first-order chi connectivity index (χ1) is 10.8. The van der Waals surface area contributed by atoms with Crippen molar-refractivity contribution in [1.29, 1.82) is 0 Å². The topological polar surface area (TPSA) is 59.4 Å². The number of aryl methyl sites for hydroxylation is 1. The summed E-state index contributed by atoms with van der Waals surface area (Å²) in [4.78, 5) is 9.04. The van der Waals surface area contributed by atoms with Crippen LogP contribution in [0.2, 0.25) is 0 Å². The van der Waals surface area contributed by atoms with E-state index in [0.29, 0.717) is 5.82 Å². The monoisotopic (exact) mass is 292 g/mol. The van der Waals surface area contributed by atoms with Gasteiger partial charge in [0, 0.05) is 0 Å². The van der Waals surface area contributed by atoms with Gasteiger partial charge in [0.2, 0.25) is 0 Å². The van der Waals surface area contributed by atoms with Crippen molar-refractivity contribution in [2.75, 3.05) is 12.5 Å². The third-order valence-corrected chi connectivity index (χ3v) is 3.22. The number of para-hydroxylation sites is 2. The van der Waals surface area contributed by atoms with Gasteiger partial charge in [-0.1, -0.05) is 24.3 Å². The molecule has 0 saturated heterocycles. The van der Waals surface area contributed by atoms with E-state index in [2.05, 4.69) is 20.5 Å². The molecule has 0 bridgehead atoms. The Morgan fingerprint density at radius 3 is 2.59 bits per heavy atom. The SMILES string of the molecule is COc1cccc(C=NNc2nc3ccccc3nc2C)c1. The average molecular weight is 292 g/mol. The van der Waals surface area contributed by atoms with Crippen LogP contribution in [-0.2, 0) is 0 Å². The Bertz CT molecular complexity index is 830. The molecule has 1 aromatic heterocycles. The number of rotatable bonds is 4. The van der Waals surface area contributed by atoms with Crippen molar-refractivity contribution in [2.24, 2.45) is 5.10 Å². The van der Waals surface area contributed by atoms with Crippen LogP contribution in [0.1, 0.15) is 11.3 Å². The predicted octanol–water partition coefficient (Wildman–Crippen LogP) is 3.39. The highest BCUT2D eigenvalue weighted by molar-refractivity contribution is 5.81. The Morgan fingerprint density at radius 2 is 1.82 bits per heavy atom. The van der Waals surface area contributed by atoms with Crippen LogP contribution in [0.15, 0.2) is 53.6 Å². The van der Waals surface area contributed by atoms with Gasteiger partial charge in [0.15, 0.2) is 5.82 Å². The number of aromatic nitrogens is 2. The summed E-state index contributed by atoms with van der Waals surface area (Å²) in [5, 5.41) is 4.22. The Kier molecular flexibility index (Phi) is 3.96. The second-order valence-corrected chi connectivity index (χ2v) is 4.79. The lowest BCUT2D eigenvalue weighted by atomic mass is 10.2. The molecule has 5 nitrogen and oxygen atoms in total. The minimum absolute atomic E-state index is 0.651. The van der Waals surface area contributed by atoms with Crippen molar-refractivity contribution >= 4 is 23.1 Å². The molecule has 0 aliphatic carbocycles. The summed E-state index contributed by atoms with van der Waals surface area (Å²) in [6.07, 6.45) is 1.72. The van der Waals surface area contributed by atoms with E-state index in [9.17, 15) is 0 Å². The molecule has 110 valence electrons. The Morgan fingerprint density at radius 1 is 1.05 bits per heavy atom. The highest BCUT2D eigenvalue weighted by atomic mass is 16.5. The molecule has 0 spiro atoms. The van der Waals surface area contributed by atoms with E-state index in [-0.39, 0.29) is 0 Å². The van der Waals surface area contributed by atoms with Crippen LogP contribution in [0.25, 0.3) is 11.0 Å². The standard InChI is InChI=1S/C17H16N4O/c1-12-17(20-16-9-4-3-8-15(16)19-12)21-18-11-13-6-5-7-14(10-13)22-2/h3-11H,1-2H3,(H,20,21). The molecule has 0 unspecified atom stereocenters. The van der Waals surface area contributed by atoms with Gasteiger partial charge in [-0.2, -0.15) is 5.10 Å². The molecular weight excluding hydrogens is 276 g/mol. The smallest absolute Gasteiger partial charge is 0.168 e. The number of fused-ring (bicyclic) bond motifs is 1. The van der Waals surface area contributed by atoms with Gasteiger partial charge in [-0.05, 0) is 36.8 Å². The summed E-state index contributed by atoms with van der Waals surface area (Å²) in [7, 11) is 1.64. The molecule has 0 aliphatic rings. The number of anilines is 1. The predicted molar refractivity (Wildman–Crippen MR) is 88.5 cm³/mol. The number of nitrogens with zero attached hydrogens (tertiary/aromatic N) is 3. The van der Waals surface area contributed by atoms with Crippen molar-refractivity contribution < 1.29 is 4.74 Å². The fourth-order valence-electron chi connectivity index (χ4n) is 2.08. The number of benzene rings is 2. The third-order valence-electron chi connectivity index (χ3n) is 3.22. The Balaban J connectivity index is 1.81. The molecule has 1 heterocycles. The molecule has 0 radical (unpaired) electrons. The molecule has 2 aromatic carbocycles. The first-order valence-corrected chi connectivity index (χ1v) is 6.93. The van der Waals surface area contributed by atoms with E-state index in [1.165, 1.54) is 0 Å². The molecule has 1 N–H and O–H groups in total. The molecule has 0 fully saturated rings. The lowest BCUT2D eigenvalue weighted by molar-refractivity contribution is 0.415. The van der Waals surface area contributed by atoms with Gasteiger partial charge >= 0.3 is 0 Å². The van der Waals surface area contributed by atoms with Gasteiger partial charge < -0.3 is 4.74 Å². The van der Waals surface area contributed by atoms with E-state index < -0.39 is 0 Å². The number of nitrogens with one attached hydrogen (secondary N) is 1. The summed E-state index contributed by atoms with van der Waals surface area (Å²) in [5.41, 5.74) is 6.41. The zero-order valence-electron chi connectivity index (χ0n) is 12.4. The molecule has 3 aromatic rings. The fourth-order valence-corrected chi connectivity index (χ4v) is 2.08. The maximum absolute atomic E-state index is 5.18. The van der Waals surface area contributed by atoms with Crippen LogP contribution in [0, 0.1) is 6.92 Å². The van der Waals surface area contributed by atoms with Crippen molar-refractivity contribution in [2.45, 2.75) is 6.92 Å². The maximum atomic E-state index is 5.18.